The number of likely N-dealkylation sites (N-methyl/N-ethyl adjacent to an activating group) is 1. The van der Waals surface area contributed by atoms with Gasteiger partial charge in [-0.25, -0.2) is 13.8 Å². The van der Waals surface area contributed by atoms with Crippen molar-refractivity contribution in [2.45, 2.75) is 31.7 Å². The number of aromatic nitrogens is 3. The fraction of sp³-hybridized carbons (Fsp3) is 0.370. The van der Waals surface area contributed by atoms with Gasteiger partial charge in [0.15, 0.2) is 10.9 Å². The number of rotatable bonds is 5. The van der Waals surface area contributed by atoms with E-state index in [9.17, 15) is 4.39 Å². The number of ether oxygens (including phenoxy) is 1. The largest absolute Gasteiger partial charge is 0.462 e. The Kier molecular flexibility index (Phi) is 6.79. The molecule has 4 heterocycles. The summed E-state index contributed by atoms with van der Waals surface area (Å²) in [6, 6.07) is 4.82. The summed E-state index contributed by atoms with van der Waals surface area (Å²) < 4.78 is 37.2. The van der Waals surface area contributed by atoms with E-state index < -0.39 is 11.6 Å². The van der Waals surface area contributed by atoms with Gasteiger partial charge in [0.25, 0.3) is 0 Å². The molecule has 0 radical (unpaired) electrons. The van der Waals surface area contributed by atoms with Gasteiger partial charge in [0, 0.05) is 35.6 Å². The van der Waals surface area contributed by atoms with E-state index in [4.69, 9.17) is 27.1 Å². The molecular formula is C27H27ClF2N6OS. The number of nitrogens with zero attached hydrogens (tertiary/aromatic N) is 5. The van der Waals surface area contributed by atoms with Gasteiger partial charge < -0.3 is 20.3 Å². The number of nitrogens with two attached hydrogens (primary N) is 1. The number of hydrogen-bond donors (Lipinski definition) is 1. The molecule has 1 unspecified atom stereocenters. The van der Waals surface area contributed by atoms with Crippen LogP contribution in [0, 0.1) is 11.6 Å². The molecular weight excluding hydrogens is 530 g/mol. The lowest BCUT2D eigenvalue weighted by Gasteiger charge is -2.24. The third kappa shape index (κ3) is 4.54. The molecule has 0 aliphatic carbocycles. The molecule has 2 N–H and O–H groups in total. The van der Waals surface area contributed by atoms with Crippen LogP contribution in [-0.2, 0) is 0 Å². The highest BCUT2D eigenvalue weighted by Crippen LogP contribution is 2.42. The Hall–Kier alpha value is -3.08. The van der Waals surface area contributed by atoms with Crippen LogP contribution in [0.2, 0.25) is 5.02 Å². The van der Waals surface area contributed by atoms with Gasteiger partial charge in [-0.1, -0.05) is 35.1 Å². The Morgan fingerprint density at radius 3 is 2.63 bits per heavy atom. The highest BCUT2D eigenvalue weighted by Gasteiger charge is 2.26. The number of thiazole rings is 1. The molecule has 0 bridgehead atoms. The van der Waals surface area contributed by atoms with Crippen molar-refractivity contribution >= 4 is 55.0 Å². The van der Waals surface area contributed by atoms with Crippen LogP contribution in [0.5, 0.6) is 6.01 Å². The van der Waals surface area contributed by atoms with Crippen LogP contribution in [0.1, 0.15) is 25.7 Å². The summed E-state index contributed by atoms with van der Waals surface area (Å²) in [5.41, 5.74) is 6.68. The molecule has 0 spiro atoms. The smallest absolute Gasteiger partial charge is 0.319 e. The third-order valence-corrected chi connectivity index (χ3v) is 8.49. The molecule has 6 rings (SSSR count). The van der Waals surface area contributed by atoms with Gasteiger partial charge in [-0.3, -0.25) is 0 Å². The number of nitrogen functional groups attached to an aromatic ring is 1. The van der Waals surface area contributed by atoms with Crippen LogP contribution >= 0.6 is 22.9 Å². The van der Waals surface area contributed by atoms with Gasteiger partial charge in [-0.15, -0.1) is 0 Å². The third-order valence-electron chi connectivity index (χ3n) is 7.30. The SMILES string of the molecule is CN1CCCC1COc1nc(N2CCC=CCC2)c2cc(Cl)c(-c3ccc(F)c4sc(N)nc34)c(F)c2n1. The average Bonchev–Trinajstić information content (AvgIpc) is 3.39. The number of likely N-dealkylation sites (tertiary alicyclic amines) is 1. The van der Waals surface area contributed by atoms with E-state index in [1.165, 1.54) is 12.1 Å². The monoisotopic (exact) mass is 556 g/mol. The second-order valence-electron chi connectivity index (χ2n) is 9.72. The summed E-state index contributed by atoms with van der Waals surface area (Å²) >= 11 is 7.73. The zero-order valence-corrected chi connectivity index (χ0v) is 22.5. The fourth-order valence-corrected chi connectivity index (χ4v) is 6.34. The van der Waals surface area contributed by atoms with Crippen LogP contribution in [0.4, 0.5) is 19.7 Å². The molecule has 1 atom stereocenters. The highest BCUT2D eigenvalue weighted by atomic mass is 35.5. The summed E-state index contributed by atoms with van der Waals surface area (Å²) in [7, 11) is 2.07. The van der Waals surface area contributed by atoms with E-state index in [-0.39, 0.29) is 43.5 Å². The number of fused-ring (bicyclic) bond motifs is 2. The molecule has 198 valence electrons. The minimum Gasteiger partial charge on any atom is -0.462 e. The second kappa shape index (κ2) is 10.2. The summed E-state index contributed by atoms with van der Waals surface area (Å²) in [6.07, 6.45) is 8.12. The standard InChI is InChI=1S/C27H27ClF2N6OS/c1-35-10-6-7-15(35)14-37-27-33-22-17(25(34-27)36-11-4-2-3-5-12-36)13-18(28)20(21(22)30)16-8-9-19(29)24-23(16)32-26(31)38-24/h2-3,8-9,13,15H,4-7,10-12,14H2,1H3,(H2,31,32). The zero-order chi connectivity index (χ0) is 26.4. The summed E-state index contributed by atoms with van der Waals surface area (Å²) in [5, 5.41) is 0.851. The Bertz CT molecular complexity index is 1550. The summed E-state index contributed by atoms with van der Waals surface area (Å²) in [6.45, 7) is 2.89. The molecule has 7 nitrogen and oxygen atoms in total. The predicted octanol–water partition coefficient (Wildman–Crippen LogP) is 6.05. The first kappa shape index (κ1) is 25.2. The minimum atomic E-state index is -0.633. The van der Waals surface area contributed by atoms with E-state index in [1.807, 2.05) is 0 Å². The Morgan fingerprint density at radius 1 is 1.11 bits per heavy atom. The van der Waals surface area contributed by atoms with E-state index in [0.29, 0.717) is 23.4 Å². The molecule has 11 heteroatoms. The normalized spacial score (nSPS) is 18.5. The molecule has 2 aromatic heterocycles. The molecule has 4 aromatic rings. The quantitative estimate of drug-likeness (QED) is 0.300. The highest BCUT2D eigenvalue weighted by molar-refractivity contribution is 7.22. The van der Waals surface area contributed by atoms with Crippen molar-refractivity contribution in [3.8, 4) is 17.1 Å². The Labute approximate surface area is 227 Å². The first-order chi connectivity index (χ1) is 18.4. The summed E-state index contributed by atoms with van der Waals surface area (Å²) in [5.74, 6) is -0.517. The van der Waals surface area contributed by atoms with Gasteiger partial charge in [0.2, 0.25) is 0 Å². The van der Waals surface area contributed by atoms with Crippen molar-refractivity contribution in [1.29, 1.82) is 0 Å². The number of halogens is 3. The topological polar surface area (TPSA) is 80.4 Å². The molecule has 1 saturated heterocycles. The molecule has 2 aliphatic rings. The van der Waals surface area contributed by atoms with Gasteiger partial charge in [0.1, 0.15) is 23.8 Å². The lowest BCUT2D eigenvalue weighted by Crippen LogP contribution is -2.31. The number of benzene rings is 2. The zero-order valence-electron chi connectivity index (χ0n) is 20.9. The molecule has 0 saturated carbocycles. The van der Waals surface area contributed by atoms with Crippen molar-refractivity contribution in [3.05, 3.63) is 47.0 Å². The number of hydrogen-bond acceptors (Lipinski definition) is 8. The Morgan fingerprint density at radius 2 is 1.89 bits per heavy atom. The van der Waals surface area contributed by atoms with Crippen molar-refractivity contribution in [1.82, 2.24) is 19.9 Å². The maximum Gasteiger partial charge on any atom is 0.319 e. The van der Waals surface area contributed by atoms with Gasteiger partial charge >= 0.3 is 6.01 Å². The second-order valence-corrected chi connectivity index (χ2v) is 11.2. The molecule has 2 aromatic carbocycles. The van der Waals surface area contributed by atoms with Crippen LogP contribution in [0.15, 0.2) is 30.4 Å². The van der Waals surface area contributed by atoms with Crippen molar-refractivity contribution in [2.75, 3.05) is 43.9 Å². The fourth-order valence-electron chi connectivity index (χ4n) is 5.29. The van der Waals surface area contributed by atoms with E-state index in [2.05, 4.69) is 39.0 Å². The van der Waals surface area contributed by atoms with Crippen molar-refractivity contribution in [3.63, 3.8) is 0 Å². The predicted molar refractivity (Wildman–Crippen MR) is 149 cm³/mol. The molecule has 0 amide bonds. The van der Waals surface area contributed by atoms with Crippen LogP contribution in [0.3, 0.4) is 0 Å². The maximum absolute atomic E-state index is 16.4. The molecule has 38 heavy (non-hydrogen) atoms. The average molecular weight is 557 g/mol. The first-order valence-electron chi connectivity index (χ1n) is 12.7. The van der Waals surface area contributed by atoms with Gasteiger partial charge in [-0.05, 0) is 57.5 Å². The van der Waals surface area contributed by atoms with Crippen LogP contribution in [0.25, 0.3) is 32.2 Å². The Balaban J connectivity index is 1.51. The van der Waals surface area contributed by atoms with Crippen LogP contribution in [-0.4, -0.2) is 59.2 Å². The lowest BCUT2D eigenvalue weighted by atomic mass is 10.0. The van der Waals surface area contributed by atoms with Gasteiger partial charge in [-0.2, -0.15) is 9.97 Å². The summed E-state index contributed by atoms with van der Waals surface area (Å²) in [4.78, 5) is 17.9. The number of anilines is 2. The van der Waals surface area contributed by atoms with Crippen molar-refractivity contribution < 1.29 is 13.5 Å². The first-order valence-corrected chi connectivity index (χ1v) is 13.9. The molecule has 2 aliphatic heterocycles. The maximum atomic E-state index is 16.4. The minimum absolute atomic E-state index is 0.0955. The molecule has 1 fully saturated rings. The van der Waals surface area contributed by atoms with E-state index >= 15 is 4.39 Å². The van der Waals surface area contributed by atoms with Crippen LogP contribution < -0.4 is 15.4 Å². The van der Waals surface area contributed by atoms with E-state index in [0.717, 1.165) is 56.7 Å². The van der Waals surface area contributed by atoms with Crippen molar-refractivity contribution in [2.24, 2.45) is 0 Å². The lowest BCUT2D eigenvalue weighted by molar-refractivity contribution is 0.188. The van der Waals surface area contributed by atoms with Gasteiger partial charge in [0.05, 0.1) is 15.2 Å². The van der Waals surface area contributed by atoms with E-state index in [1.54, 1.807) is 6.07 Å².